The van der Waals surface area contributed by atoms with Gasteiger partial charge in [-0.15, -0.1) is 11.8 Å². The fourth-order valence-electron chi connectivity index (χ4n) is 2.13. The van der Waals surface area contributed by atoms with E-state index in [2.05, 4.69) is 4.98 Å². The predicted molar refractivity (Wildman–Crippen MR) is 88.8 cm³/mol. The highest BCUT2D eigenvalue weighted by Gasteiger charge is 2.28. The number of thioether (sulfide) groups is 1. The largest absolute Gasteiger partial charge is 0.364 e. The van der Waals surface area contributed by atoms with E-state index in [0.717, 1.165) is 24.0 Å². The van der Waals surface area contributed by atoms with Gasteiger partial charge in [-0.1, -0.05) is 6.07 Å². The number of amides is 1. The van der Waals surface area contributed by atoms with Crippen LogP contribution in [0, 0.1) is 17.5 Å². The van der Waals surface area contributed by atoms with Crippen LogP contribution < -0.4 is 5.73 Å². The van der Waals surface area contributed by atoms with E-state index >= 15 is 0 Å². The quantitative estimate of drug-likeness (QED) is 0.411. The van der Waals surface area contributed by atoms with E-state index in [-0.39, 0.29) is 17.0 Å². The first-order chi connectivity index (χ1) is 12.1. The first kappa shape index (κ1) is 20.4. The average molecular weight is 411 g/mol. The highest BCUT2D eigenvalue weighted by Crippen LogP contribution is 2.40. The highest BCUT2D eigenvalue weighted by molar-refractivity contribution is 7.99. The molecule has 1 amide bonds. The van der Waals surface area contributed by atoms with Crippen molar-refractivity contribution in [1.82, 2.24) is 4.98 Å². The van der Waals surface area contributed by atoms with Crippen molar-refractivity contribution in [1.29, 1.82) is 0 Å². The van der Waals surface area contributed by atoms with E-state index in [1.54, 1.807) is 0 Å². The molecule has 10 heteroatoms. The summed E-state index contributed by atoms with van der Waals surface area (Å²) in [6, 6.07) is 3.89. The number of nitrogens with two attached hydrogens (primary N) is 1. The predicted octanol–water partition coefficient (Wildman–Crippen LogP) is 4.64. The normalized spacial score (nSPS) is 12.8. The summed E-state index contributed by atoms with van der Waals surface area (Å²) in [6.07, 6.45) is 0.363. The lowest BCUT2D eigenvalue weighted by molar-refractivity contribution is 0.0933. The number of rotatable bonds is 7. The molecule has 1 aromatic carbocycles. The van der Waals surface area contributed by atoms with Crippen LogP contribution in [0.1, 0.15) is 33.3 Å². The van der Waals surface area contributed by atoms with Crippen LogP contribution in [0.5, 0.6) is 0 Å². The molecule has 0 bridgehead atoms. The van der Waals surface area contributed by atoms with E-state index in [4.69, 9.17) is 17.3 Å². The van der Waals surface area contributed by atoms with Crippen molar-refractivity contribution < 1.29 is 26.7 Å². The molecule has 1 atom stereocenters. The number of nitrogens with zero attached hydrogens (tertiary/aromatic N) is 1. The summed E-state index contributed by atoms with van der Waals surface area (Å²) in [5, 5.41) is -4.66. The van der Waals surface area contributed by atoms with Crippen LogP contribution in [-0.2, 0) is 0 Å². The second kappa shape index (κ2) is 8.22. The summed E-state index contributed by atoms with van der Waals surface area (Å²) in [5.74, 6) is -4.84. The van der Waals surface area contributed by atoms with Gasteiger partial charge in [0.2, 0.25) is 0 Å². The number of hydrogen-bond donors (Lipinski definition) is 1. The van der Waals surface area contributed by atoms with Crippen molar-refractivity contribution in [2.75, 3.05) is 5.75 Å². The molecule has 0 saturated carbocycles. The molecule has 2 N–H and O–H groups in total. The van der Waals surface area contributed by atoms with Gasteiger partial charge in [0.15, 0.2) is 11.6 Å². The molecule has 0 aliphatic carbocycles. The number of carbonyl (C=O) groups is 1. The Kier molecular flexibility index (Phi) is 6.46. The highest BCUT2D eigenvalue weighted by atomic mass is 35.5. The van der Waals surface area contributed by atoms with Crippen molar-refractivity contribution >= 4 is 29.3 Å². The molecule has 140 valence electrons. The second-order valence-corrected chi connectivity index (χ2v) is 6.98. The smallest absolute Gasteiger partial charge is 0.322 e. The minimum atomic E-state index is -3.48. The van der Waals surface area contributed by atoms with Gasteiger partial charge in [-0.2, -0.15) is 8.78 Å². The van der Waals surface area contributed by atoms with Crippen molar-refractivity contribution in [2.45, 2.75) is 17.1 Å². The molecule has 3 nitrogen and oxygen atoms in total. The molecule has 0 aliphatic heterocycles. The van der Waals surface area contributed by atoms with Crippen molar-refractivity contribution in [3.8, 4) is 0 Å². The van der Waals surface area contributed by atoms with E-state index in [1.165, 1.54) is 12.1 Å². The maximum Gasteiger partial charge on any atom is 0.322 e. The van der Waals surface area contributed by atoms with E-state index in [9.17, 15) is 26.7 Å². The Balaban J connectivity index is 2.42. The van der Waals surface area contributed by atoms with E-state index < -0.39 is 46.0 Å². The van der Waals surface area contributed by atoms with Crippen LogP contribution in [0.15, 0.2) is 30.5 Å². The number of pyridine rings is 1. The average Bonchev–Trinajstić information content (AvgIpc) is 2.56. The lowest BCUT2D eigenvalue weighted by Gasteiger charge is -2.20. The molecule has 26 heavy (non-hydrogen) atoms. The zero-order chi connectivity index (χ0) is 19.5. The minimum Gasteiger partial charge on any atom is -0.364 e. The van der Waals surface area contributed by atoms with Crippen molar-refractivity contribution in [3.05, 3.63) is 64.7 Å². The van der Waals surface area contributed by atoms with Gasteiger partial charge in [0.25, 0.3) is 5.91 Å². The Morgan fingerprint density at radius 3 is 2.38 bits per heavy atom. The zero-order valence-electron chi connectivity index (χ0n) is 13.0. The van der Waals surface area contributed by atoms with Crippen LogP contribution in [0.4, 0.5) is 22.0 Å². The van der Waals surface area contributed by atoms with Crippen LogP contribution in [0.25, 0.3) is 0 Å². The molecule has 0 fully saturated rings. The van der Waals surface area contributed by atoms with Gasteiger partial charge in [0, 0.05) is 23.9 Å². The number of aromatic nitrogens is 1. The van der Waals surface area contributed by atoms with E-state index in [1.807, 2.05) is 0 Å². The molecule has 1 aromatic heterocycles. The summed E-state index contributed by atoms with van der Waals surface area (Å²) in [6.45, 7) is 0. The van der Waals surface area contributed by atoms with Gasteiger partial charge >= 0.3 is 5.38 Å². The van der Waals surface area contributed by atoms with Gasteiger partial charge in [-0.3, -0.25) is 9.78 Å². The SMILES string of the molecule is NC(=O)c1ccc(C(SCCC(F)(F)Cl)c2c(F)ccc(F)c2F)cn1. The third-order valence-electron chi connectivity index (χ3n) is 3.35. The summed E-state index contributed by atoms with van der Waals surface area (Å²) >= 11 is 5.57. The summed E-state index contributed by atoms with van der Waals surface area (Å²) in [5.41, 5.74) is 4.52. The third kappa shape index (κ3) is 5.07. The van der Waals surface area contributed by atoms with Gasteiger partial charge < -0.3 is 5.73 Å². The Hall–Kier alpha value is -1.87. The summed E-state index contributed by atoms with van der Waals surface area (Å²) < 4.78 is 67.5. The van der Waals surface area contributed by atoms with Gasteiger partial charge in [-0.05, 0) is 35.4 Å². The van der Waals surface area contributed by atoms with Gasteiger partial charge in [0.05, 0.1) is 5.25 Å². The number of alkyl halides is 3. The monoisotopic (exact) mass is 410 g/mol. The molecule has 0 spiro atoms. The minimum absolute atomic E-state index is 0.0926. The molecule has 1 heterocycles. The molecule has 2 aromatic rings. The Labute approximate surface area is 154 Å². The zero-order valence-corrected chi connectivity index (χ0v) is 14.6. The number of hydrogen-bond acceptors (Lipinski definition) is 3. The molecule has 2 rings (SSSR count). The van der Waals surface area contributed by atoms with Crippen molar-refractivity contribution in [3.63, 3.8) is 0 Å². The number of carbonyl (C=O) groups excluding carboxylic acids is 1. The Morgan fingerprint density at radius 2 is 1.85 bits per heavy atom. The molecule has 1 unspecified atom stereocenters. The molecular weight excluding hydrogens is 399 g/mol. The molecule has 0 saturated heterocycles. The second-order valence-electron chi connectivity index (χ2n) is 5.21. The van der Waals surface area contributed by atoms with Crippen LogP contribution in [0.3, 0.4) is 0 Å². The third-order valence-corrected chi connectivity index (χ3v) is 4.82. The number of benzene rings is 1. The van der Waals surface area contributed by atoms with Crippen LogP contribution >= 0.6 is 23.4 Å². The van der Waals surface area contributed by atoms with Gasteiger partial charge in [0.1, 0.15) is 11.5 Å². The molecular formula is C16H12ClF5N2OS. The van der Waals surface area contributed by atoms with E-state index in [0.29, 0.717) is 6.07 Å². The maximum absolute atomic E-state index is 14.2. The first-order valence-corrected chi connectivity index (χ1v) is 8.60. The lowest BCUT2D eigenvalue weighted by Crippen LogP contribution is -2.14. The summed E-state index contributed by atoms with van der Waals surface area (Å²) in [4.78, 5) is 14.8. The fourth-order valence-corrected chi connectivity index (χ4v) is 3.66. The number of halogens is 6. The van der Waals surface area contributed by atoms with Crippen LogP contribution in [-0.4, -0.2) is 22.0 Å². The molecule has 0 radical (unpaired) electrons. The summed E-state index contributed by atoms with van der Waals surface area (Å²) in [7, 11) is 0. The Bertz CT molecular complexity index is 798. The Morgan fingerprint density at radius 1 is 1.19 bits per heavy atom. The van der Waals surface area contributed by atoms with Gasteiger partial charge in [-0.25, -0.2) is 13.2 Å². The number of primary amides is 1. The maximum atomic E-state index is 14.2. The fraction of sp³-hybridized carbons (Fsp3) is 0.250. The first-order valence-electron chi connectivity index (χ1n) is 7.17. The van der Waals surface area contributed by atoms with Crippen LogP contribution in [0.2, 0.25) is 0 Å². The lowest BCUT2D eigenvalue weighted by atomic mass is 10.0. The topological polar surface area (TPSA) is 56.0 Å². The standard InChI is InChI=1S/C16H12ClF5N2OS/c17-16(21,22)5-6-26-14(8-1-4-11(15(23)25)24-7-8)12-9(18)2-3-10(19)13(12)20/h1-4,7,14H,5-6H2,(H2,23,25). The van der Waals surface area contributed by atoms with Crippen molar-refractivity contribution in [2.24, 2.45) is 5.73 Å². The molecule has 0 aliphatic rings.